The van der Waals surface area contributed by atoms with Crippen LogP contribution >= 0.6 is 11.8 Å². The minimum atomic E-state index is 0.645. The van der Waals surface area contributed by atoms with Crippen molar-refractivity contribution in [3.05, 3.63) is 83.9 Å². The van der Waals surface area contributed by atoms with Crippen LogP contribution in [0.25, 0.3) is 17.1 Å². The highest BCUT2D eigenvalue weighted by Gasteiger charge is 2.18. The Kier molecular flexibility index (Phi) is 6.20. The summed E-state index contributed by atoms with van der Waals surface area (Å²) in [5, 5.41) is 18.9. The van der Waals surface area contributed by atoms with Gasteiger partial charge in [-0.1, -0.05) is 42.1 Å². The van der Waals surface area contributed by atoms with Crippen LogP contribution in [0.3, 0.4) is 0 Å². The van der Waals surface area contributed by atoms with E-state index in [4.69, 9.17) is 14.7 Å². The van der Waals surface area contributed by atoms with Gasteiger partial charge >= 0.3 is 0 Å². The van der Waals surface area contributed by atoms with Crippen LogP contribution in [-0.4, -0.2) is 29.0 Å². The van der Waals surface area contributed by atoms with Crippen LogP contribution in [0.1, 0.15) is 11.1 Å². The zero-order valence-corrected chi connectivity index (χ0v) is 18.0. The molecule has 0 spiro atoms. The summed E-state index contributed by atoms with van der Waals surface area (Å²) in [6, 6.07) is 25.4. The number of benzene rings is 3. The number of nitriles is 1. The van der Waals surface area contributed by atoms with E-state index in [1.165, 1.54) is 0 Å². The zero-order valence-electron chi connectivity index (χ0n) is 17.1. The highest BCUT2D eigenvalue weighted by Crippen LogP contribution is 2.33. The quantitative estimate of drug-likeness (QED) is 0.381. The molecule has 0 aliphatic carbocycles. The van der Waals surface area contributed by atoms with Crippen LogP contribution in [0.5, 0.6) is 11.5 Å². The van der Waals surface area contributed by atoms with Crippen LogP contribution in [0.2, 0.25) is 0 Å². The van der Waals surface area contributed by atoms with E-state index < -0.39 is 0 Å². The second-order valence-electron chi connectivity index (χ2n) is 6.68. The first-order chi connectivity index (χ1) is 15.2. The van der Waals surface area contributed by atoms with Gasteiger partial charge in [0, 0.05) is 23.1 Å². The second kappa shape index (κ2) is 9.37. The Morgan fingerprint density at radius 2 is 1.65 bits per heavy atom. The number of methoxy groups -OCH3 is 2. The van der Waals surface area contributed by atoms with Crippen molar-refractivity contribution in [3.63, 3.8) is 0 Å². The van der Waals surface area contributed by atoms with Gasteiger partial charge in [0.2, 0.25) is 0 Å². The summed E-state index contributed by atoms with van der Waals surface area (Å²) < 4.78 is 12.9. The Labute approximate surface area is 185 Å². The molecule has 1 aromatic heterocycles. The number of ether oxygens (including phenoxy) is 2. The number of aromatic nitrogens is 3. The summed E-state index contributed by atoms with van der Waals surface area (Å²) in [7, 11) is 3.24. The summed E-state index contributed by atoms with van der Waals surface area (Å²) in [5.41, 5.74) is 3.49. The van der Waals surface area contributed by atoms with Gasteiger partial charge in [-0.15, -0.1) is 10.2 Å². The smallest absolute Gasteiger partial charge is 0.196 e. The summed E-state index contributed by atoms with van der Waals surface area (Å²) >= 11 is 1.57. The minimum Gasteiger partial charge on any atom is -0.497 e. The van der Waals surface area contributed by atoms with E-state index in [9.17, 15) is 0 Å². The van der Waals surface area contributed by atoms with Gasteiger partial charge in [0.05, 0.1) is 25.9 Å². The molecule has 0 saturated carbocycles. The molecule has 0 fully saturated rings. The number of para-hydroxylation sites is 1. The van der Waals surface area contributed by atoms with Gasteiger partial charge in [0.25, 0.3) is 0 Å². The molecule has 0 N–H and O–H groups in total. The number of hydrogen-bond acceptors (Lipinski definition) is 6. The fourth-order valence-electron chi connectivity index (χ4n) is 3.18. The molecule has 4 aromatic rings. The van der Waals surface area contributed by atoms with Crippen LogP contribution in [0.4, 0.5) is 0 Å². The van der Waals surface area contributed by atoms with Crippen LogP contribution in [0, 0.1) is 11.3 Å². The van der Waals surface area contributed by atoms with Gasteiger partial charge in [-0.2, -0.15) is 5.26 Å². The maximum Gasteiger partial charge on any atom is 0.196 e. The first-order valence-corrected chi connectivity index (χ1v) is 10.6. The van der Waals surface area contributed by atoms with E-state index in [0.29, 0.717) is 28.6 Å². The monoisotopic (exact) mass is 428 g/mol. The van der Waals surface area contributed by atoms with Gasteiger partial charge in [-0.25, -0.2) is 0 Å². The normalized spacial score (nSPS) is 10.5. The lowest BCUT2D eigenvalue weighted by molar-refractivity contribution is 0.394. The van der Waals surface area contributed by atoms with Gasteiger partial charge in [-0.3, -0.25) is 4.57 Å². The summed E-state index contributed by atoms with van der Waals surface area (Å²) in [6.45, 7) is 0. The van der Waals surface area contributed by atoms with E-state index >= 15 is 0 Å². The van der Waals surface area contributed by atoms with Crippen molar-refractivity contribution in [2.24, 2.45) is 0 Å². The van der Waals surface area contributed by atoms with Gasteiger partial charge in [-0.05, 0) is 42.0 Å². The van der Waals surface area contributed by atoms with E-state index in [-0.39, 0.29) is 0 Å². The Morgan fingerprint density at radius 1 is 0.903 bits per heavy atom. The van der Waals surface area contributed by atoms with E-state index in [1.807, 2.05) is 71.3 Å². The highest BCUT2D eigenvalue weighted by atomic mass is 32.2. The molecule has 0 atom stereocenters. The Morgan fingerprint density at radius 3 is 2.32 bits per heavy atom. The molecule has 0 amide bonds. The predicted molar refractivity (Wildman–Crippen MR) is 121 cm³/mol. The summed E-state index contributed by atoms with van der Waals surface area (Å²) in [6.07, 6.45) is 0. The molecule has 0 aliphatic heterocycles. The van der Waals surface area contributed by atoms with Gasteiger partial charge in [0.1, 0.15) is 11.5 Å². The number of nitrogens with zero attached hydrogens (tertiary/aromatic N) is 4. The molecule has 6 nitrogen and oxygen atoms in total. The van der Waals surface area contributed by atoms with Crippen molar-refractivity contribution in [3.8, 4) is 34.6 Å². The fraction of sp³-hybridized carbons (Fsp3) is 0.125. The highest BCUT2D eigenvalue weighted by molar-refractivity contribution is 7.98. The standard InChI is InChI=1S/C24H20N4O2S/c1-29-21-12-19(13-22(14-21)30-2)23-26-27-24(28(23)20-9-4-3-5-10-20)31-16-18-8-6-7-17(11-18)15-25/h3-14H,16H2,1-2H3. The third-order valence-electron chi connectivity index (χ3n) is 4.68. The van der Waals surface area contributed by atoms with Crippen molar-refractivity contribution in [1.82, 2.24) is 14.8 Å². The molecule has 0 saturated heterocycles. The summed E-state index contributed by atoms with van der Waals surface area (Å²) in [5.74, 6) is 2.72. The number of hydrogen-bond donors (Lipinski definition) is 0. The average Bonchev–Trinajstić information content (AvgIpc) is 3.27. The summed E-state index contributed by atoms with van der Waals surface area (Å²) in [4.78, 5) is 0. The van der Waals surface area contributed by atoms with Crippen molar-refractivity contribution in [1.29, 1.82) is 5.26 Å². The molecule has 0 aliphatic rings. The first kappa shape index (κ1) is 20.5. The lowest BCUT2D eigenvalue weighted by atomic mass is 10.2. The average molecular weight is 429 g/mol. The maximum atomic E-state index is 9.15. The van der Waals surface area contributed by atoms with Crippen molar-refractivity contribution in [2.75, 3.05) is 14.2 Å². The Balaban J connectivity index is 1.76. The fourth-order valence-corrected chi connectivity index (χ4v) is 4.07. The molecule has 3 aromatic carbocycles. The van der Waals surface area contributed by atoms with E-state index in [1.54, 1.807) is 32.0 Å². The molecule has 0 radical (unpaired) electrons. The zero-order chi connectivity index (χ0) is 21.6. The number of thioether (sulfide) groups is 1. The maximum absolute atomic E-state index is 9.15. The second-order valence-corrected chi connectivity index (χ2v) is 7.62. The molecule has 31 heavy (non-hydrogen) atoms. The van der Waals surface area contributed by atoms with Crippen molar-refractivity contribution in [2.45, 2.75) is 10.9 Å². The van der Waals surface area contributed by atoms with Gasteiger partial charge < -0.3 is 9.47 Å². The Hall–Kier alpha value is -3.76. The molecular weight excluding hydrogens is 408 g/mol. The lowest BCUT2D eigenvalue weighted by Gasteiger charge is -2.12. The van der Waals surface area contributed by atoms with E-state index in [2.05, 4.69) is 16.3 Å². The van der Waals surface area contributed by atoms with Crippen molar-refractivity contribution < 1.29 is 9.47 Å². The lowest BCUT2D eigenvalue weighted by Crippen LogP contribution is -2.00. The van der Waals surface area contributed by atoms with Crippen LogP contribution < -0.4 is 9.47 Å². The van der Waals surface area contributed by atoms with Crippen LogP contribution in [-0.2, 0) is 5.75 Å². The molecule has 0 bridgehead atoms. The third kappa shape index (κ3) is 4.55. The molecule has 0 unspecified atom stereocenters. The number of rotatable bonds is 7. The molecule has 154 valence electrons. The SMILES string of the molecule is COc1cc(OC)cc(-c2nnc(SCc3cccc(C#N)c3)n2-c2ccccc2)c1. The van der Waals surface area contributed by atoms with E-state index in [0.717, 1.165) is 22.0 Å². The van der Waals surface area contributed by atoms with Crippen LogP contribution in [0.15, 0.2) is 78.0 Å². The third-order valence-corrected chi connectivity index (χ3v) is 5.68. The largest absolute Gasteiger partial charge is 0.497 e. The predicted octanol–water partition coefficient (Wildman–Crippen LogP) is 5.12. The molecule has 4 rings (SSSR count). The van der Waals surface area contributed by atoms with Gasteiger partial charge in [0.15, 0.2) is 11.0 Å². The topological polar surface area (TPSA) is 73.0 Å². The molecule has 1 heterocycles. The van der Waals surface area contributed by atoms with Crippen molar-refractivity contribution >= 4 is 11.8 Å². The first-order valence-electron chi connectivity index (χ1n) is 9.58. The molecule has 7 heteroatoms. The molecular formula is C24H20N4O2S. The Bertz CT molecular complexity index is 1210. The minimum absolute atomic E-state index is 0.645.